The van der Waals surface area contributed by atoms with Crippen molar-refractivity contribution in [2.45, 2.75) is 26.1 Å². The molecule has 0 amide bonds. The molecule has 1 atom stereocenters. The molecule has 0 aliphatic carbocycles. The van der Waals surface area contributed by atoms with Gasteiger partial charge in [-0.15, -0.1) is 0 Å². The van der Waals surface area contributed by atoms with Gasteiger partial charge >= 0.3 is 0 Å². The molecular weight excluding hydrogens is 194 g/mol. The highest BCUT2D eigenvalue weighted by atomic mass is 35.5. The summed E-state index contributed by atoms with van der Waals surface area (Å²) < 4.78 is 0. The first-order valence-electron chi connectivity index (χ1n) is 4.75. The molecule has 0 aliphatic rings. The molecule has 0 saturated heterocycles. The summed E-state index contributed by atoms with van der Waals surface area (Å²) >= 11 is 6.05. The lowest BCUT2D eigenvalue weighted by Crippen LogP contribution is -2.15. The van der Waals surface area contributed by atoms with Crippen LogP contribution in [0.1, 0.15) is 31.6 Å². The number of halogens is 1. The minimum Gasteiger partial charge on any atom is -0.312 e. The summed E-state index contributed by atoms with van der Waals surface area (Å²) in [5.74, 6) is 0.140. The third-order valence-electron chi connectivity index (χ3n) is 2.18. The quantitative estimate of drug-likeness (QED) is 0.694. The highest BCUT2D eigenvalue weighted by molar-refractivity contribution is 6.74. The summed E-state index contributed by atoms with van der Waals surface area (Å²) in [5.41, 5.74) is 1.13. The van der Waals surface area contributed by atoms with Crippen LogP contribution in [0, 0.1) is 0 Å². The summed E-state index contributed by atoms with van der Waals surface area (Å²) in [6.45, 7) is 3.62. The Labute approximate surface area is 90.7 Å². The summed E-state index contributed by atoms with van der Waals surface area (Å²) in [4.78, 5) is 11.0. The van der Waals surface area contributed by atoms with Crippen molar-refractivity contribution in [3.05, 3.63) is 34.9 Å². The molecule has 1 rings (SSSR count). The van der Waals surface area contributed by atoms with Crippen LogP contribution in [0.2, 0.25) is 5.02 Å². The molecule has 1 radical (unpaired) electrons. The van der Waals surface area contributed by atoms with E-state index in [9.17, 15) is 4.79 Å². The van der Waals surface area contributed by atoms with E-state index in [1.165, 1.54) is 0 Å². The standard InChI is InChI=1S/C11H13BClO/c1-3-10(12-8(2)14)9-6-4-5-7-11(9)13/h4-7,10H,3H2,1-2H3. The Bertz CT molecular complexity index is 325. The van der Waals surface area contributed by atoms with Crippen molar-refractivity contribution in [3.8, 4) is 0 Å². The average molecular weight is 207 g/mol. The van der Waals surface area contributed by atoms with E-state index < -0.39 is 0 Å². The fourth-order valence-electron chi connectivity index (χ4n) is 1.49. The first kappa shape index (κ1) is 11.3. The van der Waals surface area contributed by atoms with E-state index in [0.29, 0.717) is 0 Å². The van der Waals surface area contributed by atoms with E-state index in [2.05, 4.69) is 0 Å². The third kappa shape index (κ3) is 2.88. The monoisotopic (exact) mass is 207 g/mol. The van der Waals surface area contributed by atoms with Crippen molar-refractivity contribution in [1.29, 1.82) is 0 Å². The number of carbonyl (C=O) groups excluding carboxylic acids is 1. The summed E-state index contributed by atoms with van der Waals surface area (Å²) in [6.07, 6.45) is 0.892. The van der Waals surface area contributed by atoms with Gasteiger partial charge in [-0.1, -0.05) is 43.1 Å². The number of carbonyl (C=O) groups is 1. The molecule has 3 heteroatoms. The van der Waals surface area contributed by atoms with Gasteiger partial charge in [0.25, 0.3) is 0 Å². The molecule has 1 nitrogen and oxygen atoms in total. The van der Waals surface area contributed by atoms with Crippen LogP contribution in [-0.4, -0.2) is 13.0 Å². The minimum absolute atomic E-state index is 0.0942. The van der Waals surface area contributed by atoms with Crippen molar-refractivity contribution in [3.63, 3.8) is 0 Å². The smallest absolute Gasteiger partial charge is 0.210 e. The van der Waals surface area contributed by atoms with E-state index >= 15 is 0 Å². The van der Waals surface area contributed by atoms with Gasteiger partial charge in [0.2, 0.25) is 7.28 Å². The number of benzene rings is 1. The van der Waals surface area contributed by atoms with Crippen molar-refractivity contribution in [2.75, 3.05) is 0 Å². The second kappa shape index (κ2) is 5.21. The Balaban J connectivity index is 2.89. The lowest BCUT2D eigenvalue weighted by Gasteiger charge is -2.13. The first-order valence-corrected chi connectivity index (χ1v) is 5.12. The Morgan fingerprint density at radius 2 is 2.14 bits per heavy atom. The highest BCUT2D eigenvalue weighted by Crippen LogP contribution is 2.25. The molecule has 14 heavy (non-hydrogen) atoms. The molecule has 0 saturated carbocycles. The predicted molar refractivity (Wildman–Crippen MR) is 60.9 cm³/mol. The Morgan fingerprint density at radius 1 is 1.50 bits per heavy atom. The topological polar surface area (TPSA) is 17.1 Å². The number of hydrogen-bond acceptors (Lipinski definition) is 1. The molecule has 0 aliphatic heterocycles. The summed E-state index contributed by atoms with van der Waals surface area (Å²) in [5, 5.41) is 0.733. The molecular formula is C11H13BClO. The van der Waals surface area contributed by atoms with Crippen LogP contribution in [0.15, 0.2) is 24.3 Å². The summed E-state index contributed by atoms with van der Waals surface area (Å²) in [6, 6.07) is 7.66. The van der Waals surface area contributed by atoms with Crippen molar-refractivity contribution in [1.82, 2.24) is 0 Å². The maximum atomic E-state index is 11.0. The molecule has 73 valence electrons. The normalized spacial score (nSPS) is 12.2. The molecule has 0 N–H and O–H groups in total. The lowest BCUT2D eigenvalue weighted by atomic mass is 9.58. The van der Waals surface area contributed by atoms with E-state index in [4.69, 9.17) is 11.6 Å². The minimum atomic E-state index is 0.0942. The zero-order chi connectivity index (χ0) is 10.6. The fraction of sp³-hybridized carbons (Fsp3) is 0.364. The van der Waals surface area contributed by atoms with Crippen molar-refractivity contribution < 1.29 is 4.79 Å². The van der Waals surface area contributed by atoms with Crippen LogP contribution in [0.4, 0.5) is 0 Å². The molecule has 1 aromatic rings. The zero-order valence-corrected chi connectivity index (χ0v) is 9.21. The maximum Gasteiger partial charge on any atom is 0.210 e. The Hall–Kier alpha value is -0.755. The maximum absolute atomic E-state index is 11.0. The van der Waals surface area contributed by atoms with E-state index in [1.54, 1.807) is 14.2 Å². The van der Waals surface area contributed by atoms with Crippen LogP contribution in [0.25, 0.3) is 0 Å². The first-order chi connectivity index (χ1) is 6.65. The van der Waals surface area contributed by atoms with Crippen LogP contribution in [-0.2, 0) is 4.79 Å². The second-order valence-corrected chi connectivity index (χ2v) is 3.72. The van der Waals surface area contributed by atoms with Gasteiger partial charge in [-0.25, -0.2) is 0 Å². The number of rotatable bonds is 4. The Morgan fingerprint density at radius 3 is 2.64 bits per heavy atom. The van der Waals surface area contributed by atoms with Crippen LogP contribution in [0.3, 0.4) is 0 Å². The zero-order valence-electron chi connectivity index (χ0n) is 8.46. The average Bonchev–Trinajstić information content (AvgIpc) is 2.15. The molecule has 1 aromatic carbocycles. The molecule has 0 aromatic heterocycles. The van der Waals surface area contributed by atoms with Crippen molar-refractivity contribution in [2.24, 2.45) is 0 Å². The molecule has 0 bridgehead atoms. The van der Waals surface area contributed by atoms with Gasteiger partial charge in [-0.2, -0.15) is 0 Å². The Kier molecular flexibility index (Phi) is 4.21. The molecule has 1 unspecified atom stereocenters. The highest BCUT2D eigenvalue weighted by Gasteiger charge is 2.15. The van der Waals surface area contributed by atoms with Crippen LogP contribution < -0.4 is 0 Å². The van der Waals surface area contributed by atoms with Gasteiger partial charge in [-0.05, 0) is 24.4 Å². The lowest BCUT2D eigenvalue weighted by molar-refractivity contribution is -0.110. The SMILES string of the molecule is CCC([B]C(C)=O)c1ccccc1Cl. The van der Waals surface area contributed by atoms with E-state index in [1.807, 2.05) is 31.2 Å². The third-order valence-corrected chi connectivity index (χ3v) is 2.52. The van der Waals surface area contributed by atoms with Gasteiger partial charge in [0, 0.05) is 5.02 Å². The fourth-order valence-corrected chi connectivity index (χ4v) is 1.76. The van der Waals surface area contributed by atoms with Gasteiger partial charge in [-0.3, -0.25) is 0 Å². The van der Waals surface area contributed by atoms with Crippen LogP contribution >= 0.6 is 11.6 Å². The van der Waals surface area contributed by atoms with Crippen LogP contribution in [0.5, 0.6) is 0 Å². The van der Waals surface area contributed by atoms with Gasteiger partial charge in [0.1, 0.15) is 0 Å². The number of hydrogen-bond donors (Lipinski definition) is 0. The van der Waals surface area contributed by atoms with E-state index in [0.717, 1.165) is 17.0 Å². The van der Waals surface area contributed by atoms with E-state index in [-0.39, 0.29) is 11.5 Å². The second-order valence-electron chi connectivity index (χ2n) is 3.31. The summed E-state index contributed by atoms with van der Waals surface area (Å²) in [7, 11) is 1.72. The van der Waals surface area contributed by atoms with Crippen molar-refractivity contribution >= 4 is 24.6 Å². The molecule has 0 fully saturated rings. The van der Waals surface area contributed by atoms with Gasteiger partial charge in [0.15, 0.2) is 0 Å². The predicted octanol–water partition coefficient (Wildman–Crippen LogP) is 3.04. The largest absolute Gasteiger partial charge is 0.312 e. The molecule has 0 heterocycles. The van der Waals surface area contributed by atoms with Gasteiger partial charge in [0.05, 0.1) is 5.68 Å². The van der Waals surface area contributed by atoms with Gasteiger partial charge < -0.3 is 4.79 Å². The molecule has 0 spiro atoms.